The van der Waals surface area contributed by atoms with E-state index in [9.17, 15) is 9.59 Å². The Morgan fingerprint density at radius 3 is 2.14 bits per heavy atom. The molecule has 2 rings (SSSR count). The number of carbonyl (C=O) groups is 2. The molecule has 5 heteroatoms. The Hall–Kier alpha value is -1.26. The summed E-state index contributed by atoms with van der Waals surface area (Å²) in [6, 6.07) is 0. The molecule has 2 aliphatic rings. The second-order valence-electron chi connectivity index (χ2n) is 4.17. The van der Waals surface area contributed by atoms with Crippen LogP contribution >= 0.6 is 0 Å². The van der Waals surface area contributed by atoms with E-state index in [1.54, 1.807) is 4.90 Å². The number of piperidine rings is 1. The summed E-state index contributed by atoms with van der Waals surface area (Å²) in [6.45, 7) is 1.37. The van der Waals surface area contributed by atoms with Crippen LogP contribution in [0.25, 0.3) is 0 Å². The third-order valence-corrected chi connectivity index (χ3v) is 3.23. The highest BCUT2D eigenvalue weighted by molar-refractivity contribution is 5.82. The standard InChI is InChI=1S/C9H14N2O3/c10-7(12)14-8(13)11-5-3-9(1-2-9)4-6-11/h1-6H2,(H2,10,12). The Morgan fingerprint density at radius 1 is 1.14 bits per heavy atom. The number of amides is 2. The number of primary amides is 1. The summed E-state index contributed by atoms with van der Waals surface area (Å²) in [4.78, 5) is 23.1. The summed E-state index contributed by atoms with van der Waals surface area (Å²) in [5.74, 6) is 0. The minimum Gasteiger partial charge on any atom is -0.359 e. The van der Waals surface area contributed by atoms with Crippen molar-refractivity contribution in [3.63, 3.8) is 0 Å². The van der Waals surface area contributed by atoms with Crippen LogP contribution in [0.3, 0.4) is 0 Å². The SMILES string of the molecule is NC(=O)OC(=O)N1CCC2(CC1)CC2. The van der Waals surface area contributed by atoms with Gasteiger partial charge >= 0.3 is 12.2 Å². The number of hydrogen-bond acceptors (Lipinski definition) is 3. The second-order valence-corrected chi connectivity index (χ2v) is 4.17. The molecule has 0 atom stereocenters. The molecule has 0 bridgehead atoms. The van der Waals surface area contributed by atoms with Crippen LogP contribution in [0.2, 0.25) is 0 Å². The van der Waals surface area contributed by atoms with Crippen LogP contribution in [0.1, 0.15) is 25.7 Å². The molecular weight excluding hydrogens is 184 g/mol. The van der Waals surface area contributed by atoms with Crippen molar-refractivity contribution >= 4 is 12.2 Å². The van der Waals surface area contributed by atoms with Gasteiger partial charge in [-0.05, 0) is 31.1 Å². The van der Waals surface area contributed by atoms with Gasteiger partial charge < -0.3 is 15.4 Å². The summed E-state index contributed by atoms with van der Waals surface area (Å²) in [5, 5.41) is 0. The van der Waals surface area contributed by atoms with Crippen LogP contribution in [0, 0.1) is 5.41 Å². The number of likely N-dealkylation sites (tertiary alicyclic amines) is 1. The Balaban J connectivity index is 1.82. The number of carbonyl (C=O) groups excluding carboxylic acids is 2. The van der Waals surface area contributed by atoms with Gasteiger partial charge in [0, 0.05) is 13.1 Å². The first-order chi connectivity index (χ1) is 6.61. The van der Waals surface area contributed by atoms with E-state index in [4.69, 9.17) is 5.73 Å². The quantitative estimate of drug-likeness (QED) is 0.592. The predicted molar refractivity (Wildman–Crippen MR) is 48.5 cm³/mol. The van der Waals surface area contributed by atoms with E-state index < -0.39 is 12.2 Å². The molecule has 0 aromatic rings. The van der Waals surface area contributed by atoms with Gasteiger partial charge in [-0.1, -0.05) is 0 Å². The topological polar surface area (TPSA) is 72.6 Å². The molecule has 1 saturated heterocycles. The van der Waals surface area contributed by atoms with Gasteiger partial charge in [0.1, 0.15) is 0 Å². The molecule has 2 amide bonds. The maximum Gasteiger partial charge on any atom is 0.418 e. The van der Waals surface area contributed by atoms with Gasteiger partial charge in [0.25, 0.3) is 0 Å². The lowest BCUT2D eigenvalue weighted by atomic mass is 9.94. The molecule has 0 aromatic carbocycles. The molecule has 1 aliphatic carbocycles. The largest absolute Gasteiger partial charge is 0.418 e. The summed E-state index contributed by atoms with van der Waals surface area (Å²) >= 11 is 0. The van der Waals surface area contributed by atoms with Gasteiger partial charge in [0.2, 0.25) is 0 Å². The van der Waals surface area contributed by atoms with Gasteiger partial charge in [0.05, 0.1) is 0 Å². The van der Waals surface area contributed by atoms with E-state index >= 15 is 0 Å². The fourth-order valence-corrected chi connectivity index (χ4v) is 1.99. The molecule has 0 radical (unpaired) electrons. The third kappa shape index (κ3) is 1.81. The number of hydrogen-bond donors (Lipinski definition) is 1. The lowest BCUT2D eigenvalue weighted by molar-refractivity contribution is 0.105. The molecule has 14 heavy (non-hydrogen) atoms. The van der Waals surface area contributed by atoms with Gasteiger partial charge in [-0.15, -0.1) is 0 Å². The first kappa shape index (κ1) is 9.30. The highest BCUT2D eigenvalue weighted by Gasteiger charge is 2.45. The van der Waals surface area contributed by atoms with Crippen molar-refractivity contribution < 1.29 is 14.3 Å². The molecule has 0 unspecified atom stereocenters. The number of nitrogens with zero attached hydrogens (tertiary/aromatic N) is 1. The zero-order chi connectivity index (χ0) is 10.2. The molecule has 1 saturated carbocycles. The lowest BCUT2D eigenvalue weighted by Crippen LogP contribution is -2.40. The van der Waals surface area contributed by atoms with Crippen LogP contribution in [-0.2, 0) is 4.74 Å². The van der Waals surface area contributed by atoms with Gasteiger partial charge in [-0.3, -0.25) is 0 Å². The monoisotopic (exact) mass is 198 g/mol. The molecule has 5 nitrogen and oxygen atoms in total. The van der Waals surface area contributed by atoms with E-state index in [-0.39, 0.29) is 0 Å². The Kier molecular flexibility index (Phi) is 2.09. The smallest absolute Gasteiger partial charge is 0.359 e. The van der Waals surface area contributed by atoms with Crippen LogP contribution in [-0.4, -0.2) is 30.2 Å². The molecule has 1 spiro atoms. The van der Waals surface area contributed by atoms with Crippen molar-refractivity contribution in [2.24, 2.45) is 11.1 Å². The zero-order valence-corrected chi connectivity index (χ0v) is 7.99. The Bertz CT molecular complexity index is 263. The molecule has 1 aliphatic heterocycles. The fourth-order valence-electron chi connectivity index (χ4n) is 1.99. The van der Waals surface area contributed by atoms with Crippen molar-refractivity contribution in [3.05, 3.63) is 0 Å². The molecule has 2 fully saturated rings. The summed E-state index contributed by atoms with van der Waals surface area (Å²) in [5.41, 5.74) is 5.27. The summed E-state index contributed by atoms with van der Waals surface area (Å²) in [7, 11) is 0. The van der Waals surface area contributed by atoms with Crippen LogP contribution in [0.5, 0.6) is 0 Å². The fraction of sp³-hybridized carbons (Fsp3) is 0.778. The van der Waals surface area contributed by atoms with Gasteiger partial charge in [0.15, 0.2) is 0 Å². The van der Waals surface area contributed by atoms with E-state index in [2.05, 4.69) is 4.74 Å². The van der Waals surface area contributed by atoms with Crippen molar-refractivity contribution in [2.45, 2.75) is 25.7 Å². The first-order valence-corrected chi connectivity index (χ1v) is 4.88. The normalized spacial score (nSPS) is 23.3. The highest BCUT2D eigenvalue weighted by atomic mass is 16.6. The van der Waals surface area contributed by atoms with Crippen LogP contribution in [0.4, 0.5) is 9.59 Å². The maximum absolute atomic E-state index is 11.2. The van der Waals surface area contributed by atoms with Gasteiger partial charge in [-0.2, -0.15) is 0 Å². The maximum atomic E-state index is 11.2. The zero-order valence-electron chi connectivity index (χ0n) is 7.99. The average molecular weight is 198 g/mol. The van der Waals surface area contributed by atoms with Crippen molar-refractivity contribution in [3.8, 4) is 0 Å². The first-order valence-electron chi connectivity index (χ1n) is 4.88. The van der Waals surface area contributed by atoms with E-state index in [0.29, 0.717) is 18.5 Å². The van der Waals surface area contributed by atoms with Crippen LogP contribution in [0.15, 0.2) is 0 Å². The van der Waals surface area contributed by atoms with Crippen LogP contribution < -0.4 is 5.73 Å². The molecule has 78 valence electrons. The number of nitrogens with two attached hydrogens (primary N) is 1. The average Bonchev–Trinajstić information content (AvgIpc) is 2.85. The Morgan fingerprint density at radius 2 is 1.71 bits per heavy atom. The van der Waals surface area contributed by atoms with Gasteiger partial charge in [-0.25, -0.2) is 9.59 Å². The number of ether oxygens (including phenoxy) is 1. The molecular formula is C9H14N2O3. The minimum absolute atomic E-state index is 0.517. The van der Waals surface area contributed by atoms with Crippen molar-refractivity contribution in [2.75, 3.05) is 13.1 Å². The van der Waals surface area contributed by atoms with Crippen molar-refractivity contribution in [1.29, 1.82) is 0 Å². The van der Waals surface area contributed by atoms with Crippen molar-refractivity contribution in [1.82, 2.24) is 4.90 Å². The lowest BCUT2D eigenvalue weighted by Gasteiger charge is -2.30. The van der Waals surface area contributed by atoms with E-state index in [1.165, 1.54) is 12.8 Å². The second kappa shape index (κ2) is 3.15. The van der Waals surface area contributed by atoms with E-state index in [1.807, 2.05) is 0 Å². The number of rotatable bonds is 0. The Labute approximate surface area is 82.2 Å². The van der Waals surface area contributed by atoms with E-state index in [0.717, 1.165) is 12.8 Å². The summed E-state index contributed by atoms with van der Waals surface area (Å²) < 4.78 is 4.30. The third-order valence-electron chi connectivity index (χ3n) is 3.23. The molecule has 1 heterocycles. The molecule has 2 N–H and O–H groups in total. The minimum atomic E-state index is -1.03. The molecule has 0 aromatic heterocycles. The highest BCUT2D eigenvalue weighted by Crippen LogP contribution is 2.53. The predicted octanol–water partition coefficient (Wildman–Crippen LogP) is 1.08. The summed E-state index contributed by atoms with van der Waals surface area (Å²) in [6.07, 6.45) is 2.99.